The van der Waals surface area contributed by atoms with Gasteiger partial charge in [0.05, 0.1) is 12.7 Å². The third kappa shape index (κ3) is 4.18. The lowest BCUT2D eigenvalue weighted by molar-refractivity contribution is 0.0693. The number of aromatic nitrogens is 1. The Bertz CT molecular complexity index is 400. The maximum absolute atomic E-state index is 10.9. The maximum Gasteiger partial charge on any atom is 0.339 e. The van der Waals surface area contributed by atoms with Gasteiger partial charge < -0.3 is 20.3 Å². The first kappa shape index (κ1) is 13.7. The first-order valence-corrected chi connectivity index (χ1v) is 5.23. The van der Waals surface area contributed by atoms with E-state index >= 15 is 0 Å². The minimum Gasteiger partial charge on any atom is -0.478 e. The molecule has 0 saturated carbocycles. The Balaban J connectivity index is 2.75. The summed E-state index contributed by atoms with van der Waals surface area (Å²) in [6.45, 7) is 0.275. The van der Waals surface area contributed by atoms with Crippen molar-refractivity contribution in [1.82, 2.24) is 4.98 Å². The Morgan fingerprint density at radius 3 is 2.94 bits per heavy atom. The van der Waals surface area contributed by atoms with Crippen molar-refractivity contribution in [2.24, 2.45) is 0 Å². The number of methoxy groups -OCH3 is 1. The second-order valence-electron chi connectivity index (χ2n) is 3.33. The SMILES string of the molecule is COCC(O)CNc1nc(Cl)ccc1C(=O)O. The van der Waals surface area contributed by atoms with E-state index in [0.29, 0.717) is 0 Å². The van der Waals surface area contributed by atoms with Gasteiger partial charge in [-0.3, -0.25) is 0 Å². The van der Waals surface area contributed by atoms with Crippen molar-refractivity contribution in [2.45, 2.75) is 6.10 Å². The van der Waals surface area contributed by atoms with E-state index in [1.807, 2.05) is 0 Å². The monoisotopic (exact) mass is 260 g/mol. The molecule has 1 aromatic rings. The Hall–Kier alpha value is -1.37. The minimum atomic E-state index is -1.11. The van der Waals surface area contributed by atoms with Crippen LogP contribution in [0.3, 0.4) is 0 Å². The van der Waals surface area contributed by atoms with Crippen LogP contribution in [0.1, 0.15) is 10.4 Å². The van der Waals surface area contributed by atoms with Crippen molar-refractivity contribution in [3.63, 3.8) is 0 Å². The number of carboxylic acid groups (broad SMARTS) is 1. The summed E-state index contributed by atoms with van der Waals surface area (Å²) in [5, 5.41) is 21.2. The lowest BCUT2D eigenvalue weighted by atomic mass is 10.2. The lowest BCUT2D eigenvalue weighted by Gasteiger charge is -2.12. The maximum atomic E-state index is 10.9. The number of halogens is 1. The van der Waals surface area contributed by atoms with Crippen LogP contribution in [0.25, 0.3) is 0 Å². The number of nitrogens with zero attached hydrogens (tertiary/aromatic N) is 1. The zero-order valence-corrected chi connectivity index (χ0v) is 9.94. The molecule has 7 heteroatoms. The Labute approximate surface area is 103 Å². The number of aliphatic hydroxyl groups excluding tert-OH is 1. The molecule has 0 bridgehead atoms. The zero-order valence-electron chi connectivity index (χ0n) is 9.18. The molecule has 1 rings (SSSR count). The van der Waals surface area contributed by atoms with Crippen LogP contribution >= 0.6 is 11.6 Å². The number of nitrogens with one attached hydrogen (secondary N) is 1. The first-order valence-electron chi connectivity index (χ1n) is 4.85. The van der Waals surface area contributed by atoms with Crippen molar-refractivity contribution in [3.8, 4) is 0 Å². The highest BCUT2D eigenvalue weighted by Gasteiger charge is 2.13. The highest BCUT2D eigenvalue weighted by molar-refractivity contribution is 6.29. The standard InChI is InChI=1S/C10H13ClN2O4/c1-17-5-6(14)4-12-9-7(10(15)16)2-3-8(11)13-9/h2-3,6,14H,4-5H2,1H3,(H,12,13)(H,15,16). The van der Waals surface area contributed by atoms with E-state index in [1.54, 1.807) is 0 Å². The number of hydrogen-bond acceptors (Lipinski definition) is 5. The molecular weight excluding hydrogens is 248 g/mol. The predicted octanol–water partition coefficient (Wildman–Crippen LogP) is 0.852. The largest absolute Gasteiger partial charge is 0.478 e. The Morgan fingerprint density at radius 2 is 2.35 bits per heavy atom. The van der Waals surface area contributed by atoms with Gasteiger partial charge in [0.15, 0.2) is 0 Å². The van der Waals surface area contributed by atoms with Gasteiger partial charge in [0.25, 0.3) is 0 Å². The molecule has 94 valence electrons. The number of anilines is 1. The van der Waals surface area contributed by atoms with Crippen molar-refractivity contribution >= 4 is 23.4 Å². The number of rotatable bonds is 6. The Kier molecular flexibility index (Phi) is 5.14. The van der Waals surface area contributed by atoms with Crippen LogP contribution in [0.4, 0.5) is 5.82 Å². The lowest BCUT2D eigenvalue weighted by Crippen LogP contribution is -2.25. The van der Waals surface area contributed by atoms with E-state index in [1.165, 1.54) is 19.2 Å². The van der Waals surface area contributed by atoms with Gasteiger partial charge in [-0.2, -0.15) is 0 Å². The van der Waals surface area contributed by atoms with Crippen molar-refractivity contribution in [2.75, 3.05) is 25.6 Å². The minimum absolute atomic E-state index is 0.000910. The fourth-order valence-corrected chi connectivity index (χ4v) is 1.36. The molecule has 0 saturated heterocycles. The predicted molar refractivity (Wildman–Crippen MR) is 62.6 cm³/mol. The third-order valence-electron chi connectivity index (χ3n) is 1.96. The molecule has 1 heterocycles. The number of ether oxygens (including phenoxy) is 1. The molecule has 0 fully saturated rings. The number of carboxylic acids is 1. The average Bonchev–Trinajstić information content (AvgIpc) is 2.26. The quantitative estimate of drug-likeness (QED) is 0.657. The van der Waals surface area contributed by atoms with Gasteiger partial charge in [0, 0.05) is 13.7 Å². The molecular formula is C10H13ClN2O4. The average molecular weight is 261 g/mol. The van der Waals surface area contributed by atoms with Gasteiger partial charge in [-0.25, -0.2) is 9.78 Å². The molecule has 3 N–H and O–H groups in total. The van der Waals surface area contributed by atoms with Crippen LogP contribution in [0.15, 0.2) is 12.1 Å². The van der Waals surface area contributed by atoms with Crippen molar-refractivity contribution < 1.29 is 19.7 Å². The van der Waals surface area contributed by atoms with Gasteiger partial charge in [-0.15, -0.1) is 0 Å². The summed E-state index contributed by atoms with van der Waals surface area (Å²) >= 11 is 5.67. The summed E-state index contributed by atoms with van der Waals surface area (Å²) in [6.07, 6.45) is -0.748. The highest BCUT2D eigenvalue weighted by Crippen LogP contribution is 2.16. The van der Waals surface area contributed by atoms with E-state index in [9.17, 15) is 9.90 Å². The summed E-state index contributed by atoms with van der Waals surface area (Å²) in [5.74, 6) is -0.988. The molecule has 0 aliphatic carbocycles. The third-order valence-corrected chi connectivity index (χ3v) is 2.17. The molecule has 0 radical (unpaired) electrons. The topological polar surface area (TPSA) is 91.7 Å². The smallest absolute Gasteiger partial charge is 0.339 e. The van der Waals surface area contributed by atoms with Gasteiger partial charge in [0.2, 0.25) is 0 Å². The fraction of sp³-hybridized carbons (Fsp3) is 0.400. The normalized spacial score (nSPS) is 12.2. The fourth-order valence-electron chi connectivity index (χ4n) is 1.21. The van der Waals surface area contributed by atoms with Gasteiger partial charge in [-0.1, -0.05) is 11.6 Å². The Morgan fingerprint density at radius 1 is 1.65 bits per heavy atom. The number of hydrogen-bond donors (Lipinski definition) is 3. The van der Waals surface area contributed by atoms with Crippen LogP contribution in [-0.2, 0) is 4.74 Å². The van der Waals surface area contributed by atoms with Crippen LogP contribution in [0.5, 0.6) is 0 Å². The summed E-state index contributed by atoms with van der Waals surface area (Å²) in [5.41, 5.74) is -0.000910. The summed E-state index contributed by atoms with van der Waals surface area (Å²) in [6, 6.07) is 2.74. The summed E-state index contributed by atoms with van der Waals surface area (Å²) in [4.78, 5) is 14.7. The van der Waals surface area contributed by atoms with Crippen LogP contribution in [0.2, 0.25) is 5.15 Å². The summed E-state index contributed by atoms with van der Waals surface area (Å²) in [7, 11) is 1.46. The molecule has 1 unspecified atom stereocenters. The van der Waals surface area contributed by atoms with E-state index in [4.69, 9.17) is 21.4 Å². The van der Waals surface area contributed by atoms with Gasteiger partial charge in [0.1, 0.15) is 16.5 Å². The summed E-state index contributed by atoms with van der Waals surface area (Å²) < 4.78 is 4.74. The van der Waals surface area contributed by atoms with Gasteiger partial charge in [-0.05, 0) is 12.1 Å². The number of aliphatic hydroxyl groups is 1. The molecule has 0 spiro atoms. The first-order chi connectivity index (χ1) is 8.04. The van der Waals surface area contributed by atoms with Crippen LogP contribution < -0.4 is 5.32 Å². The molecule has 0 amide bonds. The number of pyridine rings is 1. The molecule has 6 nitrogen and oxygen atoms in total. The van der Waals surface area contributed by atoms with E-state index in [-0.39, 0.29) is 29.7 Å². The molecule has 1 aromatic heterocycles. The second kappa shape index (κ2) is 6.39. The zero-order chi connectivity index (χ0) is 12.8. The van der Waals surface area contributed by atoms with Crippen molar-refractivity contribution in [1.29, 1.82) is 0 Å². The van der Waals surface area contributed by atoms with Crippen molar-refractivity contribution in [3.05, 3.63) is 22.8 Å². The molecule has 1 atom stereocenters. The highest BCUT2D eigenvalue weighted by atomic mass is 35.5. The van der Waals surface area contributed by atoms with Gasteiger partial charge >= 0.3 is 5.97 Å². The second-order valence-corrected chi connectivity index (χ2v) is 3.71. The number of aromatic carboxylic acids is 1. The van der Waals surface area contributed by atoms with E-state index < -0.39 is 12.1 Å². The molecule has 0 aliphatic heterocycles. The van der Waals surface area contributed by atoms with E-state index in [0.717, 1.165) is 0 Å². The molecule has 0 aliphatic rings. The molecule has 17 heavy (non-hydrogen) atoms. The number of carbonyl (C=O) groups is 1. The molecule has 0 aromatic carbocycles. The van der Waals surface area contributed by atoms with Crippen LogP contribution in [0, 0.1) is 0 Å². The van der Waals surface area contributed by atoms with E-state index in [2.05, 4.69) is 10.3 Å². The van der Waals surface area contributed by atoms with Crippen LogP contribution in [-0.4, -0.2) is 47.5 Å².